The fourth-order valence-electron chi connectivity index (χ4n) is 3.81. The Bertz CT molecular complexity index is 384. The summed E-state index contributed by atoms with van der Waals surface area (Å²) in [5.74, 6) is -0.393. The molecule has 0 aliphatic carbocycles. The van der Waals surface area contributed by atoms with Gasteiger partial charge in [0.2, 0.25) is 5.91 Å². The van der Waals surface area contributed by atoms with Crippen LogP contribution in [0.1, 0.15) is 103 Å². The quantitative estimate of drug-likeness (QED) is 0.268. The third kappa shape index (κ3) is 10.2. The van der Waals surface area contributed by atoms with Crippen LogP contribution in [0, 0.1) is 5.92 Å². The van der Waals surface area contributed by atoms with E-state index >= 15 is 0 Å². The maximum absolute atomic E-state index is 11.9. The Balaban J connectivity index is 1.85. The average Bonchev–Trinajstić information content (AvgIpc) is 3.02. The fourth-order valence-corrected chi connectivity index (χ4v) is 3.81. The minimum atomic E-state index is -0.251. The Morgan fingerprint density at radius 3 is 1.81 bits per heavy atom. The highest BCUT2D eigenvalue weighted by Crippen LogP contribution is 2.20. The molecule has 152 valence electrons. The van der Waals surface area contributed by atoms with Crippen LogP contribution in [-0.2, 0) is 14.3 Å². The Morgan fingerprint density at radius 1 is 0.885 bits per heavy atom. The van der Waals surface area contributed by atoms with E-state index < -0.39 is 0 Å². The number of amides is 1. The van der Waals surface area contributed by atoms with Gasteiger partial charge < -0.3 is 9.64 Å². The number of ether oxygens (including phenoxy) is 1. The van der Waals surface area contributed by atoms with Crippen molar-refractivity contribution < 1.29 is 14.3 Å². The zero-order valence-electron chi connectivity index (χ0n) is 17.3. The van der Waals surface area contributed by atoms with Crippen molar-refractivity contribution in [2.24, 2.45) is 5.92 Å². The van der Waals surface area contributed by atoms with Crippen molar-refractivity contribution >= 4 is 11.9 Å². The van der Waals surface area contributed by atoms with Gasteiger partial charge in [0.15, 0.2) is 0 Å². The molecule has 1 aliphatic heterocycles. The normalized spacial score (nSPS) is 17.1. The van der Waals surface area contributed by atoms with E-state index in [4.69, 9.17) is 4.74 Å². The number of hydrogen-bond donors (Lipinski definition) is 0. The Kier molecular flexibility index (Phi) is 13.3. The van der Waals surface area contributed by atoms with E-state index in [0.717, 1.165) is 13.0 Å². The highest BCUT2D eigenvalue weighted by molar-refractivity contribution is 5.86. The molecule has 26 heavy (non-hydrogen) atoms. The summed E-state index contributed by atoms with van der Waals surface area (Å²) >= 11 is 0. The first kappa shape index (κ1) is 23.0. The van der Waals surface area contributed by atoms with Gasteiger partial charge in [0.1, 0.15) is 0 Å². The molecule has 0 aromatic carbocycles. The van der Waals surface area contributed by atoms with E-state index in [-0.39, 0.29) is 17.8 Å². The van der Waals surface area contributed by atoms with Crippen LogP contribution in [0.2, 0.25) is 0 Å². The zero-order valence-corrected chi connectivity index (χ0v) is 17.3. The number of rotatable bonds is 16. The molecule has 0 radical (unpaired) electrons. The predicted molar refractivity (Wildman–Crippen MR) is 107 cm³/mol. The molecule has 1 heterocycles. The van der Waals surface area contributed by atoms with Crippen LogP contribution in [0.15, 0.2) is 0 Å². The Labute approximate surface area is 161 Å². The minimum absolute atomic E-state index is 0.107. The first-order valence-electron chi connectivity index (χ1n) is 11.0. The van der Waals surface area contributed by atoms with Crippen LogP contribution >= 0.6 is 0 Å². The van der Waals surface area contributed by atoms with Gasteiger partial charge in [-0.1, -0.05) is 90.4 Å². The first-order chi connectivity index (χ1) is 12.7. The van der Waals surface area contributed by atoms with Crippen LogP contribution in [-0.4, -0.2) is 37.0 Å². The highest BCUT2D eigenvalue weighted by Gasteiger charge is 2.34. The van der Waals surface area contributed by atoms with Gasteiger partial charge in [0, 0.05) is 19.5 Å². The summed E-state index contributed by atoms with van der Waals surface area (Å²) in [5.41, 5.74) is 0. The summed E-state index contributed by atoms with van der Waals surface area (Å²) in [7, 11) is 1.39. The molecule has 0 spiro atoms. The molecule has 1 saturated heterocycles. The summed E-state index contributed by atoms with van der Waals surface area (Å²) in [6, 6.07) is 0. The third-order valence-electron chi connectivity index (χ3n) is 5.53. The van der Waals surface area contributed by atoms with Crippen LogP contribution in [0.4, 0.5) is 0 Å². The van der Waals surface area contributed by atoms with Crippen molar-refractivity contribution in [2.75, 3.05) is 20.2 Å². The SMILES string of the molecule is CCCCCCCCCCCCCCCCN1CC(C(=O)OC)CC1=O. The second-order valence-corrected chi connectivity index (χ2v) is 7.86. The summed E-state index contributed by atoms with van der Waals surface area (Å²) < 4.78 is 4.74. The maximum atomic E-state index is 11.9. The molecular weight excluding hydrogens is 326 g/mol. The van der Waals surface area contributed by atoms with Crippen LogP contribution in [0.5, 0.6) is 0 Å². The number of carbonyl (C=O) groups is 2. The molecule has 0 saturated carbocycles. The lowest BCUT2D eigenvalue weighted by Gasteiger charge is -2.15. The minimum Gasteiger partial charge on any atom is -0.469 e. The molecule has 1 amide bonds. The second-order valence-electron chi connectivity index (χ2n) is 7.86. The van der Waals surface area contributed by atoms with Crippen molar-refractivity contribution in [3.63, 3.8) is 0 Å². The van der Waals surface area contributed by atoms with Crippen molar-refractivity contribution in [3.8, 4) is 0 Å². The zero-order chi connectivity index (χ0) is 19.0. The van der Waals surface area contributed by atoms with Gasteiger partial charge >= 0.3 is 5.97 Å². The molecule has 4 nitrogen and oxygen atoms in total. The number of nitrogens with zero attached hydrogens (tertiary/aromatic N) is 1. The van der Waals surface area contributed by atoms with Gasteiger partial charge in [-0.05, 0) is 6.42 Å². The fraction of sp³-hybridized carbons (Fsp3) is 0.909. The monoisotopic (exact) mass is 367 g/mol. The van der Waals surface area contributed by atoms with Crippen LogP contribution in [0.25, 0.3) is 0 Å². The van der Waals surface area contributed by atoms with Crippen molar-refractivity contribution in [1.82, 2.24) is 4.90 Å². The summed E-state index contributed by atoms with van der Waals surface area (Å²) in [4.78, 5) is 25.2. The van der Waals surface area contributed by atoms with E-state index in [9.17, 15) is 9.59 Å². The maximum Gasteiger partial charge on any atom is 0.310 e. The lowest BCUT2D eigenvalue weighted by Crippen LogP contribution is -2.27. The van der Waals surface area contributed by atoms with Gasteiger partial charge in [-0.3, -0.25) is 9.59 Å². The van der Waals surface area contributed by atoms with Gasteiger partial charge in [0.25, 0.3) is 0 Å². The van der Waals surface area contributed by atoms with Crippen LogP contribution in [0.3, 0.4) is 0 Å². The molecule has 1 atom stereocenters. The number of methoxy groups -OCH3 is 1. The van der Waals surface area contributed by atoms with Gasteiger partial charge in [-0.2, -0.15) is 0 Å². The standard InChI is InChI=1S/C22H41NO3/c1-3-4-5-6-7-8-9-10-11-12-13-14-15-16-17-23-19-20(18-21(23)24)22(25)26-2/h20H,3-19H2,1-2H3. The number of esters is 1. The summed E-state index contributed by atoms with van der Waals surface area (Å²) in [5, 5.41) is 0. The third-order valence-corrected chi connectivity index (χ3v) is 5.53. The number of hydrogen-bond acceptors (Lipinski definition) is 3. The van der Waals surface area contributed by atoms with Crippen molar-refractivity contribution in [3.05, 3.63) is 0 Å². The molecular formula is C22H41NO3. The predicted octanol–water partition coefficient (Wildman–Crippen LogP) is 5.49. The molecule has 0 aromatic heterocycles. The topological polar surface area (TPSA) is 46.6 Å². The first-order valence-corrected chi connectivity index (χ1v) is 11.0. The van der Waals surface area contributed by atoms with Gasteiger partial charge in [-0.25, -0.2) is 0 Å². The second kappa shape index (κ2) is 15.0. The number of unbranched alkanes of at least 4 members (excludes halogenated alkanes) is 13. The van der Waals surface area contributed by atoms with Gasteiger partial charge in [-0.15, -0.1) is 0 Å². The summed E-state index contributed by atoms with van der Waals surface area (Å²) in [6.45, 7) is 3.61. The molecule has 4 heteroatoms. The largest absolute Gasteiger partial charge is 0.469 e. The van der Waals surface area contributed by atoms with E-state index in [1.165, 1.54) is 90.6 Å². The van der Waals surface area contributed by atoms with E-state index in [0.29, 0.717) is 13.0 Å². The number of carbonyl (C=O) groups excluding carboxylic acids is 2. The average molecular weight is 368 g/mol. The van der Waals surface area contributed by atoms with E-state index in [1.54, 1.807) is 0 Å². The number of likely N-dealkylation sites (tertiary alicyclic amines) is 1. The van der Waals surface area contributed by atoms with Crippen molar-refractivity contribution in [1.29, 1.82) is 0 Å². The lowest BCUT2D eigenvalue weighted by atomic mass is 10.0. The molecule has 1 aliphatic rings. The molecule has 0 bridgehead atoms. The summed E-state index contributed by atoms with van der Waals surface area (Å²) in [6.07, 6.45) is 19.1. The molecule has 0 aromatic rings. The Morgan fingerprint density at radius 2 is 1.35 bits per heavy atom. The Hall–Kier alpha value is -1.06. The molecule has 1 unspecified atom stereocenters. The smallest absolute Gasteiger partial charge is 0.310 e. The lowest BCUT2D eigenvalue weighted by molar-refractivity contribution is -0.145. The molecule has 1 fully saturated rings. The van der Waals surface area contributed by atoms with Crippen LogP contribution < -0.4 is 0 Å². The van der Waals surface area contributed by atoms with E-state index in [2.05, 4.69) is 6.92 Å². The molecule has 1 rings (SSSR count). The van der Waals surface area contributed by atoms with E-state index in [1.807, 2.05) is 4.90 Å². The molecule has 0 N–H and O–H groups in total. The van der Waals surface area contributed by atoms with Gasteiger partial charge in [0.05, 0.1) is 13.0 Å². The highest BCUT2D eigenvalue weighted by atomic mass is 16.5. The van der Waals surface area contributed by atoms with Crippen molar-refractivity contribution in [2.45, 2.75) is 103 Å².